The van der Waals surface area contributed by atoms with Gasteiger partial charge in [-0.1, -0.05) is 25.4 Å². The molecule has 1 aromatic heterocycles. The van der Waals surface area contributed by atoms with Gasteiger partial charge in [-0.15, -0.1) is 0 Å². The molecule has 0 aliphatic carbocycles. The number of halogens is 1. The van der Waals surface area contributed by atoms with Gasteiger partial charge in [-0.2, -0.15) is 5.26 Å². The van der Waals surface area contributed by atoms with Crippen LogP contribution in [0.1, 0.15) is 30.8 Å². The second kappa shape index (κ2) is 10.6. The van der Waals surface area contributed by atoms with Crippen LogP contribution in [-0.4, -0.2) is 28.0 Å². The molecule has 1 heterocycles. The van der Waals surface area contributed by atoms with Crippen molar-refractivity contribution in [1.29, 1.82) is 5.26 Å². The number of non-ortho nitro benzene ring substituents is 1. The third-order valence-electron chi connectivity index (χ3n) is 4.57. The molecular formula is C22H23ClN4O5. The van der Waals surface area contributed by atoms with Crippen LogP contribution >= 0.6 is 11.6 Å². The highest BCUT2D eigenvalue weighted by Crippen LogP contribution is 2.26. The van der Waals surface area contributed by atoms with Crippen molar-refractivity contribution in [2.75, 3.05) is 11.9 Å². The molecule has 0 saturated heterocycles. The van der Waals surface area contributed by atoms with Crippen molar-refractivity contribution < 1.29 is 19.2 Å². The standard InChI is InChI=1S/C22H23ClN4O5/c1-13(2)11-26-14(3)7-16(15(26)4)8-17(10-24)22(29)32-12-21(28)25-20-6-5-18(27(30)31)9-19(20)23/h5-9,13H,11-12H2,1-4H3,(H,25,28)/b17-8+. The molecule has 0 aliphatic rings. The van der Waals surface area contributed by atoms with Crippen LogP contribution < -0.4 is 5.32 Å². The Morgan fingerprint density at radius 2 is 2.03 bits per heavy atom. The summed E-state index contributed by atoms with van der Waals surface area (Å²) < 4.78 is 7.05. The number of amides is 1. The van der Waals surface area contributed by atoms with E-state index in [0.29, 0.717) is 5.92 Å². The van der Waals surface area contributed by atoms with Gasteiger partial charge >= 0.3 is 5.97 Å². The van der Waals surface area contributed by atoms with E-state index in [-0.39, 0.29) is 22.0 Å². The van der Waals surface area contributed by atoms with Gasteiger partial charge < -0.3 is 14.6 Å². The summed E-state index contributed by atoms with van der Waals surface area (Å²) in [6.07, 6.45) is 1.44. The minimum Gasteiger partial charge on any atom is -0.451 e. The number of esters is 1. The molecule has 168 valence electrons. The highest BCUT2D eigenvalue weighted by atomic mass is 35.5. The lowest BCUT2D eigenvalue weighted by Gasteiger charge is -2.12. The lowest BCUT2D eigenvalue weighted by molar-refractivity contribution is -0.384. The van der Waals surface area contributed by atoms with E-state index in [0.717, 1.165) is 29.6 Å². The van der Waals surface area contributed by atoms with Crippen LogP contribution in [-0.2, 0) is 20.9 Å². The number of anilines is 1. The molecule has 0 unspecified atom stereocenters. The Balaban J connectivity index is 2.06. The molecule has 0 saturated carbocycles. The lowest BCUT2D eigenvalue weighted by Crippen LogP contribution is -2.21. The molecule has 9 nitrogen and oxygen atoms in total. The molecule has 32 heavy (non-hydrogen) atoms. The van der Waals surface area contributed by atoms with Gasteiger partial charge in [0.2, 0.25) is 0 Å². The number of nitro benzene ring substituents is 1. The number of aryl methyl sites for hydroxylation is 1. The maximum atomic E-state index is 12.3. The van der Waals surface area contributed by atoms with Gasteiger partial charge in [0.25, 0.3) is 11.6 Å². The highest BCUT2D eigenvalue weighted by Gasteiger charge is 2.17. The van der Waals surface area contributed by atoms with E-state index in [1.54, 1.807) is 0 Å². The third kappa shape index (κ3) is 6.18. The first kappa shape index (κ1) is 24.6. The molecule has 2 rings (SSSR count). The van der Waals surface area contributed by atoms with Crippen LogP contribution in [0.15, 0.2) is 29.8 Å². The second-order valence-electron chi connectivity index (χ2n) is 7.55. The Bertz CT molecular complexity index is 1130. The minimum atomic E-state index is -0.939. The smallest absolute Gasteiger partial charge is 0.349 e. The fraction of sp³-hybridized carbons (Fsp3) is 0.318. The summed E-state index contributed by atoms with van der Waals surface area (Å²) in [5, 5.41) is 22.5. The van der Waals surface area contributed by atoms with Crippen molar-refractivity contribution in [1.82, 2.24) is 4.57 Å². The van der Waals surface area contributed by atoms with Crippen LogP contribution in [0.4, 0.5) is 11.4 Å². The number of aromatic nitrogens is 1. The fourth-order valence-electron chi connectivity index (χ4n) is 3.03. The number of rotatable bonds is 8. The summed E-state index contributed by atoms with van der Waals surface area (Å²) in [4.78, 5) is 34.5. The van der Waals surface area contributed by atoms with Crippen LogP contribution in [0.5, 0.6) is 0 Å². The lowest BCUT2D eigenvalue weighted by atomic mass is 10.1. The van der Waals surface area contributed by atoms with Crippen LogP contribution in [0.3, 0.4) is 0 Å². The minimum absolute atomic E-state index is 0.0340. The number of hydrogen-bond donors (Lipinski definition) is 1. The number of carbonyl (C=O) groups excluding carboxylic acids is 2. The van der Waals surface area contributed by atoms with E-state index in [4.69, 9.17) is 16.3 Å². The van der Waals surface area contributed by atoms with Gasteiger partial charge in [-0.05, 0) is 43.5 Å². The molecule has 0 radical (unpaired) electrons. The first-order chi connectivity index (χ1) is 15.0. The molecule has 2 aromatic rings. The Labute approximate surface area is 190 Å². The van der Waals surface area contributed by atoms with Gasteiger partial charge in [0, 0.05) is 30.1 Å². The van der Waals surface area contributed by atoms with E-state index < -0.39 is 23.4 Å². The molecule has 0 spiro atoms. The normalized spacial score (nSPS) is 11.2. The van der Waals surface area contributed by atoms with Crippen molar-refractivity contribution in [3.8, 4) is 6.07 Å². The molecule has 1 aromatic carbocycles. The second-order valence-corrected chi connectivity index (χ2v) is 7.95. The zero-order valence-corrected chi connectivity index (χ0v) is 18.9. The number of nitrogens with zero attached hydrogens (tertiary/aromatic N) is 3. The van der Waals surface area contributed by atoms with Crippen LogP contribution in [0.25, 0.3) is 6.08 Å². The average molecular weight is 459 g/mol. The molecular weight excluding hydrogens is 436 g/mol. The topological polar surface area (TPSA) is 127 Å². The number of carbonyl (C=O) groups is 2. The number of nitriles is 1. The SMILES string of the molecule is Cc1cc(/C=C(\C#N)C(=O)OCC(=O)Nc2ccc([N+](=O)[O-])cc2Cl)c(C)n1CC(C)C. The van der Waals surface area contributed by atoms with Crippen LogP contribution in [0.2, 0.25) is 5.02 Å². The quantitative estimate of drug-likeness (QED) is 0.205. The Morgan fingerprint density at radius 1 is 1.34 bits per heavy atom. The molecule has 10 heteroatoms. The van der Waals surface area contributed by atoms with Gasteiger partial charge in [0.1, 0.15) is 11.6 Å². The van der Waals surface area contributed by atoms with Gasteiger partial charge in [-0.25, -0.2) is 4.79 Å². The maximum Gasteiger partial charge on any atom is 0.349 e. The predicted molar refractivity (Wildman–Crippen MR) is 120 cm³/mol. The molecule has 1 N–H and O–H groups in total. The summed E-state index contributed by atoms with van der Waals surface area (Å²) in [7, 11) is 0. The number of hydrogen-bond acceptors (Lipinski definition) is 6. The monoisotopic (exact) mass is 458 g/mol. The van der Waals surface area contributed by atoms with Crippen molar-refractivity contribution in [3.63, 3.8) is 0 Å². The van der Waals surface area contributed by atoms with Gasteiger partial charge in [0.05, 0.1) is 15.6 Å². The zero-order chi connectivity index (χ0) is 24.0. The highest BCUT2D eigenvalue weighted by molar-refractivity contribution is 6.34. The molecule has 1 amide bonds. The largest absolute Gasteiger partial charge is 0.451 e. The van der Waals surface area contributed by atoms with Crippen LogP contribution in [0, 0.1) is 41.2 Å². The van der Waals surface area contributed by atoms with Crippen molar-refractivity contribution >= 4 is 40.9 Å². The predicted octanol–water partition coefficient (Wildman–Crippen LogP) is 4.41. The van der Waals surface area contributed by atoms with Crippen molar-refractivity contribution in [2.45, 2.75) is 34.2 Å². The summed E-state index contributed by atoms with van der Waals surface area (Å²) in [5.41, 5.74) is 2.31. The van der Waals surface area contributed by atoms with Gasteiger partial charge in [0.15, 0.2) is 6.61 Å². The summed E-state index contributed by atoms with van der Waals surface area (Å²) >= 11 is 5.92. The number of ether oxygens (including phenoxy) is 1. The Morgan fingerprint density at radius 3 is 2.59 bits per heavy atom. The Hall–Kier alpha value is -3.64. The Kier molecular flexibility index (Phi) is 8.15. The summed E-state index contributed by atoms with van der Waals surface area (Å²) in [6, 6.07) is 7.23. The first-order valence-corrected chi connectivity index (χ1v) is 10.1. The zero-order valence-electron chi connectivity index (χ0n) is 18.1. The average Bonchev–Trinajstić information content (AvgIpc) is 2.98. The number of nitrogens with one attached hydrogen (secondary N) is 1. The van der Waals surface area contributed by atoms with Gasteiger partial charge in [-0.3, -0.25) is 14.9 Å². The van der Waals surface area contributed by atoms with E-state index in [1.807, 2.05) is 26.0 Å². The fourth-order valence-corrected chi connectivity index (χ4v) is 3.25. The van der Waals surface area contributed by atoms with E-state index in [2.05, 4.69) is 23.7 Å². The van der Waals surface area contributed by atoms with E-state index in [1.165, 1.54) is 18.2 Å². The number of nitro groups is 1. The summed E-state index contributed by atoms with van der Waals surface area (Å²) in [6.45, 7) is 8.21. The van der Waals surface area contributed by atoms with E-state index >= 15 is 0 Å². The maximum absolute atomic E-state index is 12.3. The molecule has 0 atom stereocenters. The van der Waals surface area contributed by atoms with Crippen molar-refractivity contribution in [2.24, 2.45) is 5.92 Å². The number of benzene rings is 1. The molecule has 0 fully saturated rings. The van der Waals surface area contributed by atoms with E-state index in [9.17, 15) is 25.0 Å². The summed E-state index contributed by atoms with van der Waals surface area (Å²) in [5.74, 6) is -1.22. The third-order valence-corrected chi connectivity index (χ3v) is 4.89. The first-order valence-electron chi connectivity index (χ1n) is 9.73. The molecule has 0 aliphatic heterocycles. The van der Waals surface area contributed by atoms with Crippen molar-refractivity contribution in [3.05, 3.63) is 61.9 Å². The molecule has 0 bridgehead atoms.